The normalized spacial score (nSPS) is 15.5. The molecular weight excluding hydrogens is 372 g/mol. The van der Waals surface area contributed by atoms with Gasteiger partial charge in [0.15, 0.2) is 0 Å². The second-order valence-corrected chi connectivity index (χ2v) is 6.98. The van der Waals surface area contributed by atoms with Gasteiger partial charge in [-0.3, -0.25) is 4.79 Å². The molecule has 1 aliphatic rings. The Balaban J connectivity index is 1.66. The molecule has 0 unspecified atom stereocenters. The first-order chi connectivity index (χ1) is 11.6. The fraction of sp³-hybridized carbons (Fsp3) is 0.611. The molecule has 0 atom stereocenters. The van der Waals surface area contributed by atoms with E-state index < -0.39 is 0 Å². The number of aryl methyl sites for hydroxylation is 1. The molecule has 6 heteroatoms. The quantitative estimate of drug-likeness (QED) is 0.683. The molecule has 24 heavy (non-hydrogen) atoms. The van der Waals surface area contributed by atoms with Gasteiger partial charge in [-0.15, -0.1) is 0 Å². The summed E-state index contributed by atoms with van der Waals surface area (Å²) in [6, 6.07) is 5.93. The summed E-state index contributed by atoms with van der Waals surface area (Å²) in [6.07, 6.45) is 3.37. The molecule has 5 nitrogen and oxygen atoms in total. The summed E-state index contributed by atoms with van der Waals surface area (Å²) >= 11 is 3.48. The van der Waals surface area contributed by atoms with Gasteiger partial charge in [0.25, 0.3) is 0 Å². The number of amides is 1. The SMILES string of the molecule is Cc1ccc(OCCC(=O)N2CCC(OCCCN)CC2)c(Br)c1. The zero-order valence-corrected chi connectivity index (χ0v) is 15.9. The summed E-state index contributed by atoms with van der Waals surface area (Å²) in [4.78, 5) is 14.2. The number of halogens is 1. The summed E-state index contributed by atoms with van der Waals surface area (Å²) in [6.45, 7) is 5.33. The molecule has 2 rings (SSSR count). The minimum atomic E-state index is 0.152. The highest BCUT2D eigenvalue weighted by Crippen LogP contribution is 2.25. The van der Waals surface area contributed by atoms with E-state index in [-0.39, 0.29) is 12.0 Å². The van der Waals surface area contributed by atoms with Crippen LogP contribution in [0.2, 0.25) is 0 Å². The number of carbonyl (C=O) groups excluding carboxylic acids is 1. The van der Waals surface area contributed by atoms with Crippen molar-refractivity contribution in [3.63, 3.8) is 0 Å². The van der Waals surface area contributed by atoms with Crippen molar-refractivity contribution in [1.29, 1.82) is 0 Å². The van der Waals surface area contributed by atoms with Crippen molar-refractivity contribution >= 4 is 21.8 Å². The molecule has 0 aromatic heterocycles. The van der Waals surface area contributed by atoms with Gasteiger partial charge < -0.3 is 20.1 Å². The van der Waals surface area contributed by atoms with Crippen LogP contribution in [0, 0.1) is 6.92 Å². The minimum absolute atomic E-state index is 0.152. The van der Waals surface area contributed by atoms with Crippen LogP contribution in [0.5, 0.6) is 5.75 Å². The average molecular weight is 399 g/mol. The van der Waals surface area contributed by atoms with Gasteiger partial charge in [-0.1, -0.05) is 6.07 Å². The second kappa shape index (κ2) is 10.0. The van der Waals surface area contributed by atoms with E-state index in [1.807, 2.05) is 30.0 Å². The summed E-state index contributed by atoms with van der Waals surface area (Å²) < 4.78 is 12.4. The van der Waals surface area contributed by atoms with E-state index in [4.69, 9.17) is 15.2 Å². The van der Waals surface area contributed by atoms with Crippen molar-refractivity contribution in [2.45, 2.75) is 38.7 Å². The Hall–Kier alpha value is -1.11. The Labute approximate surface area is 152 Å². The van der Waals surface area contributed by atoms with E-state index in [9.17, 15) is 4.79 Å². The third-order valence-corrected chi connectivity index (χ3v) is 4.78. The number of benzene rings is 1. The molecule has 0 spiro atoms. The Morgan fingerprint density at radius 3 is 2.75 bits per heavy atom. The molecule has 134 valence electrons. The number of rotatable bonds is 8. The van der Waals surface area contributed by atoms with Gasteiger partial charge in [0, 0.05) is 19.7 Å². The van der Waals surface area contributed by atoms with Gasteiger partial charge >= 0.3 is 0 Å². The highest BCUT2D eigenvalue weighted by atomic mass is 79.9. The number of piperidine rings is 1. The summed E-state index contributed by atoms with van der Waals surface area (Å²) in [5.41, 5.74) is 6.63. The zero-order chi connectivity index (χ0) is 17.4. The lowest BCUT2D eigenvalue weighted by Crippen LogP contribution is -2.41. The number of hydrogen-bond acceptors (Lipinski definition) is 4. The predicted molar refractivity (Wildman–Crippen MR) is 98.2 cm³/mol. The molecule has 1 fully saturated rings. The molecule has 1 aliphatic heterocycles. The van der Waals surface area contributed by atoms with Gasteiger partial charge in [-0.2, -0.15) is 0 Å². The maximum atomic E-state index is 12.3. The highest BCUT2D eigenvalue weighted by Gasteiger charge is 2.22. The van der Waals surface area contributed by atoms with Crippen LogP contribution in [-0.4, -0.2) is 49.8 Å². The maximum absolute atomic E-state index is 12.3. The molecule has 1 amide bonds. The Morgan fingerprint density at radius 2 is 2.08 bits per heavy atom. The van der Waals surface area contributed by atoms with Crippen LogP contribution >= 0.6 is 15.9 Å². The molecule has 0 saturated carbocycles. The number of carbonyl (C=O) groups is 1. The smallest absolute Gasteiger partial charge is 0.226 e. The molecule has 1 aromatic carbocycles. The van der Waals surface area contributed by atoms with Crippen LogP contribution in [-0.2, 0) is 9.53 Å². The molecule has 0 bridgehead atoms. The largest absolute Gasteiger partial charge is 0.492 e. The first-order valence-corrected chi connectivity index (χ1v) is 9.38. The zero-order valence-electron chi connectivity index (χ0n) is 14.3. The first-order valence-electron chi connectivity index (χ1n) is 8.58. The van der Waals surface area contributed by atoms with Gasteiger partial charge in [0.2, 0.25) is 5.91 Å². The average Bonchev–Trinajstić information content (AvgIpc) is 2.57. The van der Waals surface area contributed by atoms with Crippen molar-refractivity contribution in [2.75, 3.05) is 32.8 Å². The lowest BCUT2D eigenvalue weighted by molar-refractivity contribution is -0.134. The van der Waals surface area contributed by atoms with Crippen LogP contribution in [0.25, 0.3) is 0 Å². The fourth-order valence-electron chi connectivity index (χ4n) is 2.73. The standard InChI is InChI=1S/C18H27BrN2O3/c1-14-3-4-17(16(19)13-14)24-12-7-18(22)21-9-5-15(6-10-21)23-11-2-8-20/h3-4,13,15H,2,5-12,20H2,1H3. The van der Waals surface area contributed by atoms with E-state index >= 15 is 0 Å². The molecule has 2 N–H and O–H groups in total. The van der Waals surface area contributed by atoms with Crippen LogP contribution in [0.15, 0.2) is 22.7 Å². The van der Waals surface area contributed by atoms with E-state index in [1.165, 1.54) is 5.56 Å². The molecule has 0 aliphatic carbocycles. The number of likely N-dealkylation sites (tertiary alicyclic amines) is 1. The molecule has 0 radical (unpaired) electrons. The number of ether oxygens (including phenoxy) is 2. The van der Waals surface area contributed by atoms with Crippen molar-refractivity contribution in [3.05, 3.63) is 28.2 Å². The van der Waals surface area contributed by atoms with E-state index in [0.29, 0.717) is 26.2 Å². The van der Waals surface area contributed by atoms with Gasteiger partial charge in [0.05, 0.1) is 23.6 Å². The van der Waals surface area contributed by atoms with E-state index in [1.54, 1.807) is 0 Å². The molecule has 1 saturated heterocycles. The Bertz CT molecular complexity index is 531. The van der Waals surface area contributed by atoms with Crippen LogP contribution in [0.3, 0.4) is 0 Å². The summed E-state index contributed by atoms with van der Waals surface area (Å²) in [5.74, 6) is 0.930. The second-order valence-electron chi connectivity index (χ2n) is 6.13. The van der Waals surface area contributed by atoms with Gasteiger partial charge in [0.1, 0.15) is 5.75 Å². The summed E-state index contributed by atoms with van der Waals surface area (Å²) in [5, 5.41) is 0. The minimum Gasteiger partial charge on any atom is -0.492 e. The molecule has 1 aromatic rings. The third-order valence-electron chi connectivity index (χ3n) is 4.16. The van der Waals surface area contributed by atoms with Crippen molar-refractivity contribution < 1.29 is 14.3 Å². The van der Waals surface area contributed by atoms with Crippen LogP contribution in [0.4, 0.5) is 0 Å². The Morgan fingerprint density at radius 1 is 1.33 bits per heavy atom. The number of hydrogen-bond donors (Lipinski definition) is 1. The van der Waals surface area contributed by atoms with Gasteiger partial charge in [-0.05, 0) is 66.4 Å². The highest BCUT2D eigenvalue weighted by molar-refractivity contribution is 9.10. The maximum Gasteiger partial charge on any atom is 0.226 e. The topological polar surface area (TPSA) is 64.8 Å². The first kappa shape index (κ1) is 19.2. The van der Waals surface area contributed by atoms with Crippen molar-refractivity contribution in [2.24, 2.45) is 5.73 Å². The third kappa shape index (κ3) is 6.07. The predicted octanol–water partition coefficient (Wildman–Crippen LogP) is 2.88. The lowest BCUT2D eigenvalue weighted by atomic mass is 10.1. The molecular formula is C18H27BrN2O3. The molecule has 1 heterocycles. The van der Waals surface area contributed by atoms with Crippen LogP contribution in [0.1, 0.15) is 31.2 Å². The van der Waals surface area contributed by atoms with Gasteiger partial charge in [-0.25, -0.2) is 0 Å². The van der Waals surface area contributed by atoms with Crippen molar-refractivity contribution in [1.82, 2.24) is 4.90 Å². The van der Waals surface area contributed by atoms with E-state index in [2.05, 4.69) is 15.9 Å². The fourth-order valence-corrected chi connectivity index (χ4v) is 3.34. The monoisotopic (exact) mass is 398 g/mol. The van der Waals surface area contributed by atoms with Crippen molar-refractivity contribution in [3.8, 4) is 5.75 Å². The Kier molecular flexibility index (Phi) is 8.02. The summed E-state index contributed by atoms with van der Waals surface area (Å²) in [7, 11) is 0. The number of nitrogens with zero attached hydrogens (tertiary/aromatic N) is 1. The lowest BCUT2D eigenvalue weighted by Gasteiger charge is -2.32. The number of nitrogens with two attached hydrogens (primary N) is 1. The van der Waals surface area contributed by atoms with Crippen LogP contribution < -0.4 is 10.5 Å². The van der Waals surface area contributed by atoms with E-state index in [0.717, 1.165) is 42.6 Å².